The number of benzene rings is 1. The molecule has 87 valence electrons. The number of carbonyl (C=O) groups is 1. The fourth-order valence-electron chi connectivity index (χ4n) is 1.16. The Kier molecular flexibility index (Phi) is 3.58. The summed E-state index contributed by atoms with van der Waals surface area (Å²) < 4.78 is 5.26. The molecule has 1 aromatic rings. The van der Waals surface area contributed by atoms with E-state index in [9.17, 15) is 4.79 Å². The van der Waals surface area contributed by atoms with E-state index in [1.54, 1.807) is 7.05 Å². The number of anilines is 1. The lowest BCUT2D eigenvalue weighted by atomic mass is 10.2. The van der Waals surface area contributed by atoms with Gasteiger partial charge >= 0.3 is 6.09 Å². The van der Waals surface area contributed by atoms with Crippen molar-refractivity contribution in [2.75, 3.05) is 11.9 Å². The minimum atomic E-state index is -0.475. The molecular formula is C13H18NO2. The van der Waals surface area contributed by atoms with Crippen LogP contribution in [-0.4, -0.2) is 18.7 Å². The van der Waals surface area contributed by atoms with E-state index >= 15 is 0 Å². The minimum Gasteiger partial charge on any atom is -0.443 e. The van der Waals surface area contributed by atoms with Gasteiger partial charge in [0.05, 0.1) is 0 Å². The third kappa shape index (κ3) is 3.57. The van der Waals surface area contributed by atoms with Gasteiger partial charge in [-0.1, -0.05) is 12.1 Å². The quantitative estimate of drug-likeness (QED) is 0.727. The number of ether oxygens (including phenoxy) is 1. The van der Waals surface area contributed by atoms with Crippen molar-refractivity contribution < 1.29 is 9.53 Å². The Balaban J connectivity index is 2.74. The summed E-state index contributed by atoms with van der Waals surface area (Å²) in [5, 5.41) is 0. The molecule has 0 saturated heterocycles. The maximum Gasteiger partial charge on any atom is 0.414 e. The van der Waals surface area contributed by atoms with Gasteiger partial charge in [0.25, 0.3) is 0 Å². The number of carbonyl (C=O) groups excluding carboxylic acids is 1. The van der Waals surface area contributed by atoms with Crippen LogP contribution in [0.3, 0.4) is 0 Å². The molecule has 0 aliphatic rings. The van der Waals surface area contributed by atoms with Crippen LogP contribution in [0, 0.1) is 6.92 Å². The van der Waals surface area contributed by atoms with Gasteiger partial charge in [-0.3, -0.25) is 4.90 Å². The van der Waals surface area contributed by atoms with Gasteiger partial charge in [-0.25, -0.2) is 4.79 Å². The summed E-state index contributed by atoms with van der Waals surface area (Å²) in [6.07, 6.45) is -0.357. The summed E-state index contributed by atoms with van der Waals surface area (Å²) in [7, 11) is 1.69. The zero-order valence-electron chi connectivity index (χ0n) is 10.3. The third-order valence-electron chi connectivity index (χ3n) is 1.99. The molecule has 3 nitrogen and oxygen atoms in total. The number of rotatable bonds is 1. The monoisotopic (exact) mass is 220 g/mol. The van der Waals surface area contributed by atoms with Gasteiger partial charge in [0.2, 0.25) is 0 Å². The molecule has 1 rings (SSSR count). The molecular weight excluding hydrogens is 202 g/mol. The molecule has 0 spiro atoms. The molecule has 1 aromatic carbocycles. The summed E-state index contributed by atoms with van der Waals surface area (Å²) in [6, 6.07) is 7.39. The van der Waals surface area contributed by atoms with Crippen molar-refractivity contribution >= 4 is 11.8 Å². The Labute approximate surface area is 97.0 Å². The van der Waals surface area contributed by atoms with Crippen LogP contribution in [0.2, 0.25) is 0 Å². The van der Waals surface area contributed by atoms with E-state index in [1.165, 1.54) is 4.90 Å². The van der Waals surface area contributed by atoms with Crippen LogP contribution in [0.4, 0.5) is 10.5 Å². The Morgan fingerprint density at radius 1 is 1.25 bits per heavy atom. The second-order valence-corrected chi connectivity index (χ2v) is 4.71. The van der Waals surface area contributed by atoms with Crippen LogP contribution < -0.4 is 4.90 Å². The maximum absolute atomic E-state index is 11.7. The predicted molar refractivity (Wildman–Crippen MR) is 65.5 cm³/mol. The third-order valence-corrected chi connectivity index (χ3v) is 1.99. The first kappa shape index (κ1) is 12.6. The van der Waals surface area contributed by atoms with Crippen LogP contribution >= 0.6 is 0 Å². The van der Waals surface area contributed by atoms with Gasteiger partial charge in [0, 0.05) is 12.7 Å². The summed E-state index contributed by atoms with van der Waals surface area (Å²) in [5.74, 6) is 0. The summed E-state index contributed by atoms with van der Waals surface area (Å²) in [6.45, 7) is 9.33. The highest BCUT2D eigenvalue weighted by molar-refractivity contribution is 5.87. The van der Waals surface area contributed by atoms with E-state index in [0.29, 0.717) is 0 Å². The zero-order chi connectivity index (χ0) is 12.3. The highest BCUT2D eigenvalue weighted by atomic mass is 16.6. The van der Waals surface area contributed by atoms with Crippen molar-refractivity contribution in [1.29, 1.82) is 0 Å². The summed E-state index contributed by atoms with van der Waals surface area (Å²) in [4.78, 5) is 13.2. The normalized spacial score (nSPS) is 11.1. The minimum absolute atomic E-state index is 0.357. The topological polar surface area (TPSA) is 29.5 Å². The van der Waals surface area contributed by atoms with Crippen molar-refractivity contribution in [3.63, 3.8) is 0 Å². The smallest absolute Gasteiger partial charge is 0.414 e. The first-order valence-electron chi connectivity index (χ1n) is 5.18. The molecule has 0 atom stereocenters. The van der Waals surface area contributed by atoms with Gasteiger partial charge in [-0.15, -0.1) is 0 Å². The molecule has 0 fully saturated rings. The van der Waals surface area contributed by atoms with Gasteiger partial charge < -0.3 is 4.74 Å². The van der Waals surface area contributed by atoms with Gasteiger partial charge in [-0.2, -0.15) is 0 Å². The van der Waals surface area contributed by atoms with Crippen LogP contribution in [0.1, 0.15) is 26.3 Å². The maximum atomic E-state index is 11.7. The highest BCUT2D eigenvalue weighted by Crippen LogP contribution is 2.17. The van der Waals surface area contributed by atoms with E-state index in [2.05, 4.69) is 6.92 Å². The van der Waals surface area contributed by atoms with E-state index in [4.69, 9.17) is 4.74 Å². The fraction of sp³-hybridized carbons (Fsp3) is 0.385. The standard InChI is InChI=1S/C13H18NO2/c1-10-6-8-11(9-7-10)14(5)12(15)16-13(2,3)4/h6-9H,1H2,2-5H3. The number of hydrogen-bond acceptors (Lipinski definition) is 2. The second-order valence-electron chi connectivity index (χ2n) is 4.71. The molecule has 0 N–H and O–H groups in total. The molecule has 3 heteroatoms. The lowest BCUT2D eigenvalue weighted by molar-refractivity contribution is 0.0589. The molecule has 1 radical (unpaired) electrons. The van der Waals surface area contributed by atoms with E-state index in [-0.39, 0.29) is 6.09 Å². The average molecular weight is 220 g/mol. The second kappa shape index (κ2) is 4.56. The van der Waals surface area contributed by atoms with Crippen molar-refractivity contribution in [2.24, 2.45) is 0 Å². The number of nitrogens with zero attached hydrogens (tertiary/aromatic N) is 1. The summed E-state index contributed by atoms with van der Waals surface area (Å²) >= 11 is 0. The molecule has 0 aliphatic carbocycles. The Hall–Kier alpha value is -1.51. The average Bonchev–Trinajstić information content (AvgIpc) is 2.15. The molecule has 0 bridgehead atoms. The lowest BCUT2D eigenvalue weighted by Crippen LogP contribution is -2.34. The molecule has 1 amide bonds. The number of hydrogen-bond donors (Lipinski definition) is 0. The SMILES string of the molecule is [CH2]c1ccc(N(C)C(=O)OC(C)(C)C)cc1. The molecule has 0 heterocycles. The first-order chi connectivity index (χ1) is 7.29. The van der Waals surface area contributed by atoms with Crippen LogP contribution in [-0.2, 0) is 4.74 Å². The van der Waals surface area contributed by atoms with E-state index in [1.807, 2.05) is 45.0 Å². The highest BCUT2D eigenvalue weighted by Gasteiger charge is 2.20. The van der Waals surface area contributed by atoms with Crippen molar-refractivity contribution in [3.8, 4) is 0 Å². The van der Waals surface area contributed by atoms with Crippen LogP contribution in [0.5, 0.6) is 0 Å². The molecule has 0 aliphatic heterocycles. The van der Waals surface area contributed by atoms with Gasteiger partial charge in [0.15, 0.2) is 0 Å². The summed E-state index contributed by atoms with van der Waals surface area (Å²) in [5.41, 5.74) is 1.24. The van der Waals surface area contributed by atoms with Crippen LogP contribution in [0.25, 0.3) is 0 Å². The Bertz CT molecular complexity index is 363. The van der Waals surface area contributed by atoms with Crippen molar-refractivity contribution in [2.45, 2.75) is 26.4 Å². The number of amides is 1. The van der Waals surface area contributed by atoms with E-state index in [0.717, 1.165) is 11.3 Å². The Morgan fingerprint density at radius 2 is 1.75 bits per heavy atom. The van der Waals surface area contributed by atoms with Gasteiger partial charge in [0.1, 0.15) is 5.60 Å². The lowest BCUT2D eigenvalue weighted by Gasteiger charge is -2.24. The fourth-order valence-corrected chi connectivity index (χ4v) is 1.16. The van der Waals surface area contributed by atoms with E-state index < -0.39 is 5.60 Å². The molecule has 0 aromatic heterocycles. The largest absolute Gasteiger partial charge is 0.443 e. The predicted octanol–water partition coefficient (Wildman–Crippen LogP) is 3.24. The molecule has 0 saturated carbocycles. The van der Waals surface area contributed by atoms with Crippen LogP contribution in [0.15, 0.2) is 24.3 Å². The Morgan fingerprint density at radius 3 is 2.19 bits per heavy atom. The van der Waals surface area contributed by atoms with Crippen molar-refractivity contribution in [3.05, 3.63) is 36.8 Å². The van der Waals surface area contributed by atoms with Crippen molar-refractivity contribution in [1.82, 2.24) is 0 Å². The molecule has 16 heavy (non-hydrogen) atoms. The van der Waals surface area contributed by atoms with Gasteiger partial charge in [-0.05, 0) is 45.4 Å². The molecule has 0 unspecified atom stereocenters. The zero-order valence-corrected chi connectivity index (χ0v) is 10.3. The first-order valence-corrected chi connectivity index (χ1v) is 5.18.